The minimum atomic E-state index is 0.0808. The largest absolute Gasteiger partial charge is 0.365 e. The van der Waals surface area contributed by atoms with Gasteiger partial charge in [0.15, 0.2) is 0 Å². The zero-order valence-corrected chi connectivity index (χ0v) is 11.0. The molecule has 1 aromatic rings. The smallest absolute Gasteiger partial charge is 0.148 e. The lowest BCUT2D eigenvalue weighted by molar-refractivity contribution is 0.492. The van der Waals surface area contributed by atoms with Gasteiger partial charge >= 0.3 is 0 Å². The number of nitrogens with one attached hydrogen (secondary N) is 2. The summed E-state index contributed by atoms with van der Waals surface area (Å²) in [5.41, 5.74) is 3.66. The number of rotatable bonds is 4. The van der Waals surface area contributed by atoms with Crippen LogP contribution in [0.3, 0.4) is 0 Å². The van der Waals surface area contributed by atoms with Gasteiger partial charge in [-0.15, -0.1) is 0 Å². The van der Waals surface area contributed by atoms with Crippen molar-refractivity contribution in [1.82, 2.24) is 9.97 Å². The van der Waals surface area contributed by atoms with Crippen LogP contribution < -0.4 is 16.6 Å². The summed E-state index contributed by atoms with van der Waals surface area (Å²) in [5, 5.41) is 3.52. The second-order valence-corrected chi connectivity index (χ2v) is 5.36. The molecule has 1 saturated carbocycles. The number of hydrogen-bond donors (Lipinski definition) is 3. The Kier molecular flexibility index (Phi) is 2.95. The first-order chi connectivity index (χ1) is 7.94. The third-order valence-electron chi connectivity index (χ3n) is 3.43. The summed E-state index contributed by atoms with van der Waals surface area (Å²) < 4.78 is 0. The number of nitrogens with two attached hydrogens (primary N) is 1. The highest BCUT2D eigenvalue weighted by atomic mass is 15.3. The maximum absolute atomic E-state index is 5.46. The summed E-state index contributed by atoms with van der Waals surface area (Å²) in [6.45, 7) is 8.28. The van der Waals surface area contributed by atoms with Crippen LogP contribution in [0.15, 0.2) is 0 Å². The van der Waals surface area contributed by atoms with Gasteiger partial charge in [0.05, 0.1) is 0 Å². The highest BCUT2D eigenvalue weighted by molar-refractivity contribution is 5.57. The molecule has 0 saturated heterocycles. The Morgan fingerprint density at radius 3 is 2.29 bits per heavy atom. The second-order valence-electron chi connectivity index (χ2n) is 5.36. The van der Waals surface area contributed by atoms with Gasteiger partial charge in [0, 0.05) is 11.1 Å². The molecule has 1 aromatic heterocycles. The monoisotopic (exact) mass is 235 g/mol. The molecule has 0 aliphatic heterocycles. The van der Waals surface area contributed by atoms with E-state index < -0.39 is 0 Å². The molecule has 2 rings (SSSR count). The fourth-order valence-electron chi connectivity index (χ4n) is 2.10. The molecule has 5 heteroatoms. The molecular formula is C12H21N5. The van der Waals surface area contributed by atoms with E-state index in [-0.39, 0.29) is 5.54 Å². The Bertz CT molecular complexity index is 423. The molecule has 0 unspecified atom stereocenters. The van der Waals surface area contributed by atoms with E-state index in [0.717, 1.165) is 23.1 Å². The molecule has 0 bridgehead atoms. The van der Waals surface area contributed by atoms with Crippen molar-refractivity contribution in [3.05, 3.63) is 11.4 Å². The summed E-state index contributed by atoms with van der Waals surface area (Å²) in [4.78, 5) is 8.71. The first kappa shape index (κ1) is 12.1. The van der Waals surface area contributed by atoms with E-state index >= 15 is 0 Å². The Hall–Kier alpha value is -1.36. The van der Waals surface area contributed by atoms with Crippen molar-refractivity contribution in [3.8, 4) is 0 Å². The van der Waals surface area contributed by atoms with E-state index in [1.807, 2.05) is 13.8 Å². The normalized spacial score (nSPS) is 15.8. The van der Waals surface area contributed by atoms with Crippen LogP contribution in [-0.2, 0) is 0 Å². The van der Waals surface area contributed by atoms with Crippen molar-refractivity contribution >= 4 is 11.6 Å². The number of hydrogen-bond acceptors (Lipinski definition) is 5. The fraction of sp³-hybridized carbons (Fsp3) is 0.667. The minimum absolute atomic E-state index is 0.0808. The molecule has 1 aliphatic rings. The predicted octanol–water partition coefficient (Wildman–Crippen LogP) is 1.98. The Morgan fingerprint density at radius 2 is 1.76 bits per heavy atom. The van der Waals surface area contributed by atoms with E-state index in [9.17, 15) is 0 Å². The third-order valence-corrected chi connectivity index (χ3v) is 3.43. The minimum Gasteiger partial charge on any atom is -0.365 e. The zero-order chi connectivity index (χ0) is 12.6. The molecular weight excluding hydrogens is 214 g/mol. The van der Waals surface area contributed by atoms with Crippen LogP contribution in [0.25, 0.3) is 0 Å². The van der Waals surface area contributed by atoms with Gasteiger partial charge in [0.25, 0.3) is 0 Å². The first-order valence-corrected chi connectivity index (χ1v) is 6.04. The third kappa shape index (κ3) is 2.49. The maximum atomic E-state index is 5.46. The lowest BCUT2D eigenvalue weighted by atomic mass is 9.98. The lowest BCUT2D eigenvalue weighted by Gasteiger charge is -2.28. The van der Waals surface area contributed by atoms with Crippen LogP contribution in [-0.4, -0.2) is 15.5 Å². The SMILES string of the molecule is Cc1nc(NN)c(C)c(NC(C)(C)C2CC2)n1. The van der Waals surface area contributed by atoms with Crippen LogP contribution in [0.1, 0.15) is 38.1 Å². The summed E-state index contributed by atoms with van der Waals surface area (Å²) >= 11 is 0. The highest BCUT2D eigenvalue weighted by Gasteiger charge is 2.38. The Labute approximate surface area is 102 Å². The van der Waals surface area contributed by atoms with Crippen LogP contribution in [0.5, 0.6) is 0 Å². The molecule has 0 atom stereocenters. The zero-order valence-electron chi connectivity index (χ0n) is 11.0. The number of aryl methyl sites for hydroxylation is 1. The number of aromatic nitrogens is 2. The number of hydrazine groups is 1. The molecule has 1 aliphatic carbocycles. The van der Waals surface area contributed by atoms with Crippen LogP contribution in [0, 0.1) is 19.8 Å². The average molecular weight is 235 g/mol. The summed E-state index contributed by atoms with van der Waals surface area (Å²) in [6.07, 6.45) is 2.59. The molecule has 0 aromatic carbocycles. The van der Waals surface area contributed by atoms with Gasteiger partial charge < -0.3 is 10.7 Å². The van der Waals surface area contributed by atoms with E-state index in [4.69, 9.17) is 5.84 Å². The molecule has 17 heavy (non-hydrogen) atoms. The van der Waals surface area contributed by atoms with Gasteiger partial charge in [-0.3, -0.25) is 0 Å². The number of nitrogen functional groups attached to an aromatic ring is 1. The van der Waals surface area contributed by atoms with E-state index in [2.05, 4.69) is 34.6 Å². The topological polar surface area (TPSA) is 75.9 Å². The average Bonchev–Trinajstić information content (AvgIpc) is 3.06. The quantitative estimate of drug-likeness (QED) is 0.549. The van der Waals surface area contributed by atoms with E-state index in [0.29, 0.717) is 5.82 Å². The van der Waals surface area contributed by atoms with Crippen molar-refractivity contribution in [2.45, 2.75) is 46.1 Å². The van der Waals surface area contributed by atoms with Crippen molar-refractivity contribution in [2.24, 2.45) is 11.8 Å². The molecule has 0 spiro atoms. The Balaban J connectivity index is 2.28. The predicted molar refractivity (Wildman–Crippen MR) is 69.7 cm³/mol. The molecule has 4 N–H and O–H groups in total. The van der Waals surface area contributed by atoms with Crippen molar-refractivity contribution in [3.63, 3.8) is 0 Å². The van der Waals surface area contributed by atoms with Gasteiger partial charge in [-0.25, -0.2) is 15.8 Å². The standard InChI is InChI=1S/C12H21N5/c1-7-10(14-8(2)15-11(7)17-13)16-12(3,4)9-5-6-9/h9H,5-6,13H2,1-4H3,(H2,14,15,16,17). The lowest BCUT2D eigenvalue weighted by Crippen LogP contribution is -2.34. The van der Waals surface area contributed by atoms with Gasteiger partial charge in [0.1, 0.15) is 17.5 Å². The van der Waals surface area contributed by atoms with Crippen LogP contribution >= 0.6 is 0 Å². The van der Waals surface area contributed by atoms with Crippen LogP contribution in [0.4, 0.5) is 11.6 Å². The highest BCUT2D eigenvalue weighted by Crippen LogP contribution is 2.41. The Morgan fingerprint density at radius 1 is 1.18 bits per heavy atom. The van der Waals surface area contributed by atoms with E-state index in [1.165, 1.54) is 12.8 Å². The second kappa shape index (κ2) is 4.14. The molecule has 5 nitrogen and oxygen atoms in total. The number of nitrogens with zero attached hydrogens (tertiary/aromatic N) is 2. The van der Waals surface area contributed by atoms with Gasteiger partial charge in [0.2, 0.25) is 0 Å². The first-order valence-electron chi connectivity index (χ1n) is 6.04. The van der Waals surface area contributed by atoms with Gasteiger partial charge in [-0.2, -0.15) is 0 Å². The fourth-order valence-corrected chi connectivity index (χ4v) is 2.10. The summed E-state index contributed by atoms with van der Waals surface area (Å²) in [6, 6.07) is 0. The molecule has 0 radical (unpaired) electrons. The summed E-state index contributed by atoms with van der Waals surface area (Å²) in [5.74, 6) is 8.48. The van der Waals surface area contributed by atoms with Crippen molar-refractivity contribution < 1.29 is 0 Å². The molecule has 1 fully saturated rings. The van der Waals surface area contributed by atoms with Gasteiger partial charge in [-0.1, -0.05) is 0 Å². The summed E-state index contributed by atoms with van der Waals surface area (Å²) in [7, 11) is 0. The molecule has 0 amide bonds. The van der Waals surface area contributed by atoms with Gasteiger partial charge in [-0.05, 0) is 46.5 Å². The van der Waals surface area contributed by atoms with Crippen molar-refractivity contribution in [1.29, 1.82) is 0 Å². The van der Waals surface area contributed by atoms with Crippen LogP contribution in [0.2, 0.25) is 0 Å². The molecule has 94 valence electrons. The van der Waals surface area contributed by atoms with Crippen molar-refractivity contribution in [2.75, 3.05) is 10.7 Å². The van der Waals surface area contributed by atoms with E-state index in [1.54, 1.807) is 0 Å². The number of anilines is 2. The maximum Gasteiger partial charge on any atom is 0.148 e. The molecule has 1 heterocycles.